The number of benzene rings is 2. The number of nitrogens with two attached hydrogens (primary N) is 2. The molecule has 6 N–H and O–H groups in total. The van der Waals surface area contributed by atoms with Crippen molar-refractivity contribution in [2.75, 3.05) is 19.0 Å². The molecule has 2 aromatic carbocycles. The molecule has 208 valence electrons. The first-order chi connectivity index (χ1) is 18.5. The average Bonchev–Trinajstić information content (AvgIpc) is 3.21. The predicted octanol–water partition coefficient (Wildman–Crippen LogP) is 4.80. The molecule has 2 aliphatic rings. The molecule has 1 aromatic heterocycles. The second-order valence-corrected chi connectivity index (χ2v) is 11.2. The van der Waals surface area contributed by atoms with Crippen molar-refractivity contribution >= 4 is 34.4 Å². The molecule has 2 heterocycles. The van der Waals surface area contributed by atoms with E-state index in [2.05, 4.69) is 24.9 Å². The van der Waals surface area contributed by atoms with Gasteiger partial charge in [-0.25, -0.2) is 0 Å². The van der Waals surface area contributed by atoms with Crippen LogP contribution in [0.15, 0.2) is 36.4 Å². The highest BCUT2D eigenvalue weighted by atomic mass is 16.5. The summed E-state index contributed by atoms with van der Waals surface area (Å²) in [6.45, 7) is 4.01. The van der Waals surface area contributed by atoms with Gasteiger partial charge in [-0.1, -0.05) is 39.2 Å². The smallest absolute Gasteiger partial charge is 0.317 e. The second kappa shape index (κ2) is 11.5. The van der Waals surface area contributed by atoms with E-state index in [4.69, 9.17) is 15.6 Å². The van der Waals surface area contributed by atoms with Gasteiger partial charge >= 0.3 is 5.97 Å². The first kappa shape index (κ1) is 28.2. The van der Waals surface area contributed by atoms with Crippen LogP contribution in [-0.4, -0.2) is 47.2 Å². The van der Waals surface area contributed by atoms with Crippen LogP contribution in [0.2, 0.25) is 0 Å². The van der Waals surface area contributed by atoms with Crippen molar-refractivity contribution in [3.05, 3.63) is 47.7 Å². The number of nitrogens with one attached hydrogen (secondary N) is 1. The van der Waals surface area contributed by atoms with Crippen LogP contribution in [0, 0.1) is 5.41 Å². The lowest BCUT2D eigenvalue weighted by Gasteiger charge is -2.30. The summed E-state index contributed by atoms with van der Waals surface area (Å²) in [5.41, 5.74) is 15.4. The highest BCUT2D eigenvalue weighted by Crippen LogP contribution is 2.44. The van der Waals surface area contributed by atoms with Crippen LogP contribution in [0.25, 0.3) is 22.0 Å². The molecule has 9 nitrogen and oxygen atoms in total. The van der Waals surface area contributed by atoms with Crippen LogP contribution >= 0.6 is 0 Å². The molecule has 0 bridgehead atoms. The number of hydrogen-bond acceptors (Lipinski definition) is 6. The lowest BCUT2D eigenvalue weighted by molar-refractivity contribution is -0.135. The van der Waals surface area contributed by atoms with Crippen LogP contribution in [0.3, 0.4) is 0 Å². The van der Waals surface area contributed by atoms with Gasteiger partial charge in [-0.05, 0) is 60.6 Å². The van der Waals surface area contributed by atoms with E-state index in [0.29, 0.717) is 18.0 Å². The molecule has 39 heavy (non-hydrogen) atoms. The fraction of sp³-hybridized carbons (Fsp3) is 0.433. The number of carbonyl (C=O) groups excluding carboxylic acids is 2. The minimum Gasteiger partial charge on any atom is -0.497 e. The van der Waals surface area contributed by atoms with E-state index in [1.807, 2.05) is 41.0 Å². The van der Waals surface area contributed by atoms with Gasteiger partial charge in [0.15, 0.2) is 0 Å². The monoisotopic (exact) mass is 534 g/mol. The lowest BCUT2D eigenvalue weighted by atomic mass is 9.80. The molecule has 0 saturated heterocycles. The molecule has 0 radical (unpaired) electrons. The van der Waals surface area contributed by atoms with Crippen molar-refractivity contribution in [1.82, 2.24) is 4.57 Å². The quantitative estimate of drug-likeness (QED) is 0.355. The van der Waals surface area contributed by atoms with Crippen LogP contribution in [0.4, 0.5) is 5.69 Å². The van der Waals surface area contributed by atoms with Gasteiger partial charge in [-0.2, -0.15) is 0 Å². The van der Waals surface area contributed by atoms with Crippen molar-refractivity contribution in [2.45, 2.75) is 64.8 Å². The molecular formula is C30H38N4O5. The van der Waals surface area contributed by atoms with Gasteiger partial charge < -0.3 is 26.6 Å². The number of anilines is 1. The molecule has 0 unspecified atom stereocenters. The molecule has 0 spiro atoms. The molecule has 1 fully saturated rings. The summed E-state index contributed by atoms with van der Waals surface area (Å²) in [6, 6.07) is 12.0. The van der Waals surface area contributed by atoms with E-state index in [1.165, 1.54) is 19.3 Å². The molecule has 9 heteroatoms. The SMILES string of the molecule is COc1ccc2c(c1)c(-c1ccc(C(N)=O)c(NC3CCCCC3)c1)c1n2C(=O)CC(C)(C)C1.NCC(=O)O. The molecule has 1 saturated carbocycles. The summed E-state index contributed by atoms with van der Waals surface area (Å²) in [6.07, 6.45) is 7.11. The largest absolute Gasteiger partial charge is 0.497 e. The number of carboxylic acids is 1. The van der Waals surface area contributed by atoms with Crippen LogP contribution in [-0.2, 0) is 11.2 Å². The zero-order valence-electron chi connectivity index (χ0n) is 22.9. The standard InChI is InChI=1S/C28H33N3O3.C2H5NO2/c1-28(2)15-24-26(21-14-19(34-3)10-12-23(21)31(24)25(32)16-28)17-9-11-20(27(29)33)22(13-17)30-18-7-5-4-6-8-18;3-1-2(4)5/h9-14,18,30H,4-8,15-16H2,1-3H3,(H2,29,33);1,3H2,(H,4,5). The number of primary amides is 1. The number of hydrogen-bond donors (Lipinski definition) is 4. The average molecular weight is 535 g/mol. The zero-order chi connectivity index (χ0) is 28.3. The molecular weight excluding hydrogens is 496 g/mol. The van der Waals surface area contributed by atoms with E-state index < -0.39 is 11.9 Å². The fourth-order valence-electron chi connectivity index (χ4n) is 5.73. The number of carboxylic acid groups (broad SMARTS) is 1. The van der Waals surface area contributed by atoms with Gasteiger partial charge in [0.05, 0.1) is 24.7 Å². The first-order valence-corrected chi connectivity index (χ1v) is 13.4. The molecule has 0 atom stereocenters. The summed E-state index contributed by atoms with van der Waals surface area (Å²) in [5.74, 6) is -0.545. The van der Waals surface area contributed by atoms with Crippen LogP contribution in [0.1, 0.15) is 73.2 Å². The highest BCUT2D eigenvalue weighted by Gasteiger charge is 2.35. The number of carbonyl (C=O) groups is 3. The van der Waals surface area contributed by atoms with Gasteiger partial charge in [0.25, 0.3) is 5.91 Å². The van der Waals surface area contributed by atoms with Crippen LogP contribution in [0.5, 0.6) is 5.75 Å². The highest BCUT2D eigenvalue weighted by molar-refractivity contribution is 6.06. The van der Waals surface area contributed by atoms with E-state index in [0.717, 1.165) is 58.4 Å². The number of nitrogens with zero attached hydrogens (tertiary/aromatic N) is 1. The summed E-state index contributed by atoms with van der Waals surface area (Å²) in [5, 5.41) is 12.2. The summed E-state index contributed by atoms with van der Waals surface area (Å²) in [7, 11) is 1.65. The van der Waals surface area contributed by atoms with E-state index in [1.54, 1.807) is 7.11 Å². The maximum Gasteiger partial charge on any atom is 0.317 e. The van der Waals surface area contributed by atoms with E-state index in [9.17, 15) is 14.4 Å². The Hall–Kier alpha value is -3.85. The zero-order valence-corrected chi connectivity index (χ0v) is 22.9. The predicted molar refractivity (Wildman–Crippen MR) is 152 cm³/mol. The Kier molecular flexibility index (Phi) is 8.30. The number of fused-ring (bicyclic) bond motifs is 3. The third-order valence-corrected chi connectivity index (χ3v) is 7.51. The van der Waals surface area contributed by atoms with Gasteiger partial charge in [0.2, 0.25) is 5.91 Å². The number of aliphatic carboxylic acids is 1. The number of aromatic nitrogens is 1. The van der Waals surface area contributed by atoms with E-state index >= 15 is 0 Å². The van der Waals surface area contributed by atoms with Crippen molar-refractivity contribution in [1.29, 1.82) is 0 Å². The van der Waals surface area contributed by atoms with Gasteiger partial charge in [0.1, 0.15) is 5.75 Å². The Morgan fingerprint density at radius 1 is 1.10 bits per heavy atom. The minimum absolute atomic E-state index is 0.113. The molecule has 3 aromatic rings. The van der Waals surface area contributed by atoms with Gasteiger partial charge in [-0.15, -0.1) is 0 Å². The Bertz CT molecular complexity index is 1400. The molecule has 1 amide bonds. The van der Waals surface area contributed by atoms with Gasteiger partial charge in [0, 0.05) is 34.8 Å². The van der Waals surface area contributed by atoms with Crippen molar-refractivity contribution in [2.24, 2.45) is 16.9 Å². The Morgan fingerprint density at radius 2 is 1.79 bits per heavy atom. The van der Waals surface area contributed by atoms with Crippen molar-refractivity contribution < 1.29 is 24.2 Å². The maximum atomic E-state index is 13.2. The molecule has 1 aliphatic heterocycles. The van der Waals surface area contributed by atoms with Crippen molar-refractivity contribution in [3.8, 4) is 16.9 Å². The Balaban J connectivity index is 0.000000648. The summed E-state index contributed by atoms with van der Waals surface area (Å²) in [4.78, 5) is 34.7. The second-order valence-electron chi connectivity index (χ2n) is 11.2. The van der Waals surface area contributed by atoms with Crippen LogP contribution < -0.4 is 21.5 Å². The third-order valence-electron chi connectivity index (χ3n) is 7.51. The normalized spacial score (nSPS) is 16.7. The number of ether oxygens (including phenoxy) is 1. The Morgan fingerprint density at radius 3 is 2.41 bits per heavy atom. The summed E-state index contributed by atoms with van der Waals surface area (Å²) < 4.78 is 7.40. The number of rotatable bonds is 6. The maximum absolute atomic E-state index is 13.2. The third kappa shape index (κ3) is 6.09. The topological polar surface area (TPSA) is 150 Å². The first-order valence-electron chi connectivity index (χ1n) is 13.4. The van der Waals surface area contributed by atoms with E-state index in [-0.39, 0.29) is 17.9 Å². The molecule has 5 rings (SSSR count). The number of methoxy groups -OCH3 is 1. The van der Waals surface area contributed by atoms with Gasteiger partial charge in [-0.3, -0.25) is 19.0 Å². The number of amides is 1. The fourth-order valence-corrected chi connectivity index (χ4v) is 5.73. The lowest BCUT2D eigenvalue weighted by Crippen LogP contribution is -2.31. The summed E-state index contributed by atoms with van der Waals surface area (Å²) >= 11 is 0. The Labute approximate surface area is 228 Å². The van der Waals surface area contributed by atoms with Crippen molar-refractivity contribution in [3.63, 3.8) is 0 Å². The molecule has 1 aliphatic carbocycles. The minimum atomic E-state index is -0.968.